The molecule has 9 heteroatoms. The van der Waals surface area contributed by atoms with E-state index in [-0.39, 0.29) is 13.2 Å². The maximum Gasteiger partial charge on any atom is 0.303 e. The molecule has 196 valence electrons. The molecule has 1 aliphatic rings. The summed E-state index contributed by atoms with van der Waals surface area (Å²) >= 11 is 0. The van der Waals surface area contributed by atoms with E-state index < -0.39 is 48.2 Å². The van der Waals surface area contributed by atoms with Gasteiger partial charge < -0.3 is 34.3 Å². The van der Waals surface area contributed by atoms with Crippen LogP contribution in [0.25, 0.3) is 0 Å². The summed E-state index contributed by atoms with van der Waals surface area (Å²) in [4.78, 5) is 22.8. The molecule has 0 spiro atoms. The lowest BCUT2D eigenvalue weighted by Crippen LogP contribution is -2.61. The van der Waals surface area contributed by atoms with E-state index in [0.29, 0.717) is 18.8 Å². The summed E-state index contributed by atoms with van der Waals surface area (Å²) in [6, 6.07) is 0. The summed E-state index contributed by atoms with van der Waals surface area (Å²) in [6.07, 6.45) is 1.40. The van der Waals surface area contributed by atoms with Gasteiger partial charge in [-0.05, 0) is 51.9 Å². The van der Waals surface area contributed by atoms with Gasteiger partial charge in [-0.3, -0.25) is 9.59 Å². The average Bonchev–Trinajstić information content (AvgIpc) is 2.77. The van der Waals surface area contributed by atoms with Crippen molar-refractivity contribution in [1.82, 2.24) is 0 Å². The highest BCUT2D eigenvalue weighted by atomic mass is 16.7. The van der Waals surface area contributed by atoms with Crippen molar-refractivity contribution in [2.75, 3.05) is 13.2 Å². The molecule has 0 amide bonds. The lowest BCUT2D eigenvalue weighted by Gasteiger charge is -2.44. The van der Waals surface area contributed by atoms with Gasteiger partial charge in [0.15, 0.2) is 12.4 Å². The van der Waals surface area contributed by atoms with E-state index in [0.717, 1.165) is 19.3 Å². The van der Waals surface area contributed by atoms with E-state index in [4.69, 9.17) is 24.1 Å². The first-order valence-electron chi connectivity index (χ1n) is 11.8. The van der Waals surface area contributed by atoms with E-state index >= 15 is 0 Å². The summed E-state index contributed by atoms with van der Waals surface area (Å²) in [5.41, 5.74) is 0.349. The Morgan fingerprint density at radius 2 is 1.85 bits per heavy atom. The zero-order valence-electron chi connectivity index (χ0n) is 21.1. The smallest absolute Gasteiger partial charge is 0.303 e. The SMILES string of the molecule is C=C[C@](C)(CC/C=C(\C)CCC[C@@H](C)CO)O[C@@H]1O[C@H](COC(C)=O)[C@@H](O)[C@H](O)[C@H]1OC(C)=O. The Labute approximate surface area is 202 Å². The van der Waals surface area contributed by atoms with Crippen molar-refractivity contribution in [3.63, 3.8) is 0 Å². The van der Waals surface area contributed by atoms with E-state index in [1.54, 1.807) is 13.0 Å². The summed E-state index contributed by atoms with van der Waals surface area (Å²) < 4.78 is 22.0. The third-order valence-electron chi connectivity index (χ3n) is 5.93. The molecule has 1 saturated heterocycles. The number of hydrogen-bond acceptors (Lipinski definition) is 9. The quantitative estimate of drug-likeness (QED) is 0.250. The first kappa shape index (κ1) is 30.3. The molecule has 1 heterocycles. The van der Waals surface area contributed by atoms with Gasteiger partial charge in [-0.2, -0.15) is 0 Å². The van der Waals surface area contributed by atoms with Crippen molar-refractivity contribution in [2.24, 2.45) is 5.92 Å². The van der Waals surface area contributed by atoms with Crippen molar-refractivity contribution in [2.45, 2.75) is 103 Å². The van der Waals surface area contributed by atoms with Crippen LogP contribution in [-0.4, -0.2) is 76.8 Å². The van der Waals surface area contributed by atoms with Crippen LogP contribution in [0.5, 0.6) is 0 Å². The number of aliphatic hydroxyl groups excluding tert-OH is 3. The van der Waals surface area contributed by atoms with Gasteiger partial charge in [-0.15, -0.1) is 6.58 Å². The van der Waals surface area contributed by atoms with Crippen LogP contribution in [0, 0.1) is 5.92 Å². The number of carbonyl (C=O) groups is 2. The van der Waals surface area contributed by atoms with Crippen LogP contribution < -0.4 is 0 Å². The fourth-order valence-corrected chi connectivity index (χ4v) is 3.66. The fourth-order valence-electron chi connectivity index (χ4n) is 3.66. The Hall–Kier alpha value is -1.78. The number of rotatable bonds is 14. The number of carbonyl (C=O) groups excluding carboxylic acids is 2. The molecule has 0 aromatic rings. The van der Waals surface area contributed by atoms with Crippen molar-refractivity contribution in [3.8, 4) is 0 Å². The number of ether oxygens (including phenoxy) is 4. The standard InChI is InChI=1S/C25H42O9/c1-7-25(6,13-9-12-16(2)10-8-11-17(3)14-26)34-24-23(32-19(5)28)22(30)21(29)20(33-24)15-31-18(4)27/h7,12,17,20-24,26,29-30H,1,8-11,13-15H2,2-6H3/b16-12+/t17-,20-,21-,22+,23-,24+,25-/m1/s1. The molecule has 9 nitrogen and oxygen atoms in total. The molecular formula is C25H42O9. The molecule has 0 saturated carbocycles. The highest BCUT2D eigenvalue weighted by Crippen LogP contribution is 2.31. The topological polar surface area (TPSA) is 132 Å². The third-order valence-corrected chi connectivity index (χ3v) is 5.93. The summed E-state index contributed by atoms with van der Waals surface area (Å²) in [5, 5.41) is 30.1. The van der Waals surface area contributed by atoms with Crippen molar-refractivity contribution in [1.29, 1.82) is 0 Å². The van der Waals surface area contributed by atoms with E-state index in [9.17, 15) is 19.8 Å². The van der Waals surface area contributed by atoms with Gasteiger partial charge in [0.05, 0.1) is 5.60 Å². The second-order valence-corrected chi connectivity index (χ2v) is 9.30. The maximum absolute atomic E-state index is 11.6. The van der Waals surface area contributed by atoms with Crippen LogP contribution in [0.2, 0.25) is 0 Å². The van der Waals surface area contributed by atoms with E-state index in [1.165, 1.54) is 19.4 Å². The summed E-state index contributed by atoms with van der Waals surface area (Å²) in [6.45, 7) is 12.1. The van der Waals surface area contributed by atoms with Gasteiger partial charge >= 0.3 is 11.9 Å². The van der Waals surface area contributed by atoms with Gasteiger partial charge in [0, 0.05) is 20.5 Å². The molecule has 0 radical (unpaired) electrons. The van der Waals surface area contributed by atoms with Crippen LogP contribution in [0.3, 0.4) is 0 Å². The van der Waals surface area contributed by atoms with Crippen LogP contribution in [0.1, 0.15) is 66.7 Å². The lowest BCUT2D eigenvalue weighted by atomic mass is 9.96. The second kappa shape index (κ2) is 14.6. The molecule has 0 aromatic heterocycles. The minimum absolute atomic E-state index is 0.197. The molecule has 0 aliphatic carbocycles. The Kier molecular flexibility index (Phi) is 13.0. The van der Waals surface area contributed by atoms with Crippen LogP contribution in [0.15, 0.2) is 24.3 Å². The second-order valence-electron chi connectivity index (χ2n) is 9.30. The fraction of sp³-hybridized carbons (Fsp3) is 0.760. The molecule has 0 bridgehead atoms. The molecule has 7 atom stereocenters. The largest absolute Gasteiger partial charge is 0.463 e. The van der Waals surface area contributed by atoms with Crippen molar-refractivity contribution < 1.29 is 43.9 Å². The minimum atomic E-state index is -1.50. The zero-order valence-corrected chi connectivity index (χ0v) is 21.1. The number of allylic oxidation sites excluding steroid dienone is 2. The molecule has 1 fully saturated rings. The number of aliphatic hydroxyl groups is 3. The highest BCUT2D eigenvalue weighted by molar-refractivity contribution is 5.66. The first-order valence-corrected chi connectivity index (χ1v) is 11.8. The van der Waals surface area contributed by atoms with Crippen LogP contribution in [-0.2, 0) is 28.5 Å². The van der Waals surface area contributed by atoms with E-state index in [1.807, 2.05) is 6.92 Å². The maximum atomic E-state index is 11.6. The summed E-state index contributed by atoms with van der Waals surface area (Å²) in [5.74, 6) is -0.931. The van der Waals surface area contributed by atoms with Gasteiger partial charge in [-0.1, -0.05) is 24.6 Å². The molecule has 0 unspecified atom stereocenters. The number of esters is 2. The lowest BCUT2D eigenvalue weighted by molar-refractivity contribution is -0.322. The third kappa shape index (κ3) is 10.2. The van der Waals surface area contributed by atoms with E-state index in [2.05, 4.69) is 19.6 Å². The van der Waals surface area contributed by atoms with Crippen LogP contribution >= 0.6 is 0 Å². The monoisotopic (exact) mass is 486 g/mol. The number of hydrogen-bond donors (Lipinski definition) is 3. The van der Waals surface area contributed by atoms with Crippen LogP contribution in [0.4, 0.5) is 0 Å². The minimum Gasteiger partial charge on any atom is -0.463 e. The Balaban J connectivity index is 2.85. The molecule has 0 aromatic carbocycles. The van der Waals surface area contributed by atoms with Crippen molar-refractivity contribution in [3.05, 3.63) is 24.3 Å². The Morgan fingerprint density at radius 3 is 2.41 bits per heavy atom. The zero-order chi connectivity index (χ0) is 25.9. The van der Waals surface area contributed by atoms with Gasteiger partial charge in [-0.25, -0.2) is 0 Å². The molecule has 34 heavy (non-hydrogen) atoms. The molecular weight excluding hydrogens is 444 g/mol. The van der Waals surface area contributed by atoms with Gasteiger partial charge in [0.2, 0.25) is 0 Å². The van der Waals surface area contributed by atoms with Crippen molar-refractivity contribution >= 4 is 11.9 Å². The normalized spacial score (nSPS) is 28.0. The Morgan fingerprint density at radius 1 is 1.18 bits per heavy atom. The molecule has 1 aliphatic heterocycles. The molecule has 1 rings (SSSR count). The Bertz CT molecular complexity index is 690. The predicted molar refractivity (Wildman–Crippen MR) is 126 cm³/mol. The molecule has 3 N–H and O–H groups in total. The predicted octanol–water partition coefficient (Wildman–Crippen LogP) is 2.41. The first-order chi connectivity index (χ1) is 15.9. The summed E-state index contributed by atoms with van der Waals surface area (Å²) in [7, 11) is 0. The highest BCUT2D eigenvalue weighted by Gasteiger charge is 2.49. The van der Waals surface area contributed by atoms with Gasteiger partial charge in [0.25, 0.3) is 0 Å². The average molecular weight is 487 g/mol. The van der Waals surface area contributed by atoms with Gasteiger partial charge in [0.1, 0.15) is 24.9 Å².